The fraction of sp³-hybridized carbons (Fsp3) is 0.0909. The van der Waals surface area contributed by atoms with Crippen LogP contribution in [0.1, 0.15) is 25.0 Å². The van der Waals surface area contributed by atoms with E-state index in [2.05, 4.69) is 134 Å². The first-order chi connectivity index (χ1) is 17.1. The molecule has 2 heterocycles. The average Bonchev–Trinajstić information content (AvgIpc) is 3.27. The Kier molecular flexibility index (Phi) is 4.43. The summed E-state index contributed by atoms with van der Waals surface area (Å²) in [5.41, 5.74) is 8.85. The molecular weight excluding hydrogens is 442 g/mol. The van der Waals surface area contributed by atoms with Gasteiger partial charge in [-0.05, 0) is 58.7 Å². The number of nitrogens with zero attached hydrogens (tertiary/aromatic N) is 1. The third-order valence-corrected chi connectivity index (χ3v) is 8.59. The SMILES string of the molecule is CC1(C)c2ccccc2N(c2ccccc2)c2cc(-c3ccc4c(c3)sc3ccccc34)ccc21. The van der Waals surface area contributed by atoms with Gasteiger partial charge in [-0.2, -0.15) is 0 Å². The van der Waals surface area contributed by atoms with Gasteiger partial charge in [-0.15, -0.1) is 11.3 Å². The fourth-order valence-electron chi connectivity index (χ4n) is 5.66. The van der Waals surface area contributed by atoms with Crippen molar-refractivity contribution in [3.8, 4) is 11.1 Å². The van der Waals surface area contributed by atoms with Crippen LogP contribution in [0, 0.1) is 0 Å². The molecule has 0 radical (unpaired) electrons. The van der Waals surface area contributed by atoms with Crippen LogP contribution in [-0.2, 0) is 5.41 Å². The minimum absolute atomic E-state index is 0.0782. The molecule has 5 aromatic carbocycles. The van der Waals surface area contributed by atoms with Crippen molar-refractivity contribution >= 4 is 48.6 Å². The van der Waals surface area contributed by atoms with Crippen molar-refractivity contribution in [1.29, 1.82) is 0 Å². The molecule has 1 aliphatic heterocycles. The van der Waals surface area contributed by atoms with E-state index in [1.807, 2.05) is 11.3 Å². The summed E-state index contributed by atoms with van der Waals surface area (Å²) in [6, 6.07) is 42.2. The van der Waals surface area contributed by atoms with E-state index in [1.165, 1.54) is 59.5 Å². The minimum Gasteiger partial charge on any atom is -0.310 e. The smallest absolute Gasteiger partial charge is 0.0508 e. The Morgan fingerprint density at radius 1 is 0.543 bits per heavy atom. The van der Waals surface area contributed by atoms with Gasteiger partial charge in [-0.1, -0.05) is 92.7 Å². The summed E-state index contributed by atoms with van der Waals surface area (Å²) < 4.78 is 2.69. The molecule has 0 saturated carbocycles. The molecule has 168 valence electrons. The summed E-state index contributed by atoms with van der Waals surface area (Å²) in [5.74, 6) is 0. The summed E-state index contributed by atoms with van der Waals surface area (Å²) >= 11 is 1.88. The van der Waals surface area contributed by atoms with Gasteiger partial charge in [0.1, 0.15) is 0 Å². The minimum atomic E-state index is -0.0782. The second-order valence-corrected chi connectivity index (χ2v) is 10.9. The van der Waals surface area contributed by atoms with Gasteiger partial charge in [0, 0.05) is 31.3 Å². The third kappa shape index (κ3) is 3.07. The van der Waals surface area contributed by atoms with E-state index < -0.39 is 0 Å². The predicted octanol–water partition coefficient (Wildman–Crippen LogP) is 9.83. The van der Waals surface area contributed by atoms with Gasteiger partial charge >= 0.3 is 0 Å². The zero-order chi connectivity index (χ0) is 23.6. The normalized spacial score (nSPS) is 14.2. The molecule has 7 rings (SSSR count). The maximum Gasteiger partial charge on any atom is 0.0508 e. The van der Waals surface area contributed by atoms with Gasteiger partial charge in [-0.25, -0.2) is 0 Å². The molecule has 35 heavy (non-hydrogen) atoms. The number of anilines is 3. The third-order valence-electron chi connectivity index (χ3n) is 7.46. The summed E-state index contributed by atoms with van der Waals surface area (Å²) in [4.78, 5) is 2.43. The number of thiophene rings is 1. The van der Waals surface area contributed by atoms with Crippen molar-refractivity contribution in [1.82, 2.24) is 0 Å². The fourth-order valence-corrected chi connectivity index (χ4v) is 6.80. The number of fused-ring (bicyclic) bond motifs is 5. The van der Waals surface area contributed by atoms with E-state index >= 15 is 0 Å². The predicted molar refractivity (Wildman–Crippen MR) is 152 cm³/mol. The molecule has 0 saturated heterocycles. The molecule has 0 spiro atoms. The van der Waals surface area contributed by atoms with Gasteiger partial charge < -0.3 is 4.90 Å². The van der Waals surface area contributed by atoms with E-state index in [9.17, 15) is 0 Å². The largest absolute Gasteiger partial charge is 0.310 e. The molecule has 6 aromatic rings. The quantitative estimate of drug-likeness (QED) is 0.245. The summed E-state index contributed by atoms with van der Waals surface area (Å²) in [7, 11) is 0. The second kappa shape index (κ2) is 7.56. The highest BCUT2D eigenvalue weighted by atomic mass is 32.1. The van der Waals surface area contributed by atoms with Crippen LogP contribution in [0.25, 0.3) is 31.3 Å². The number of para-hydroxylation sites is 2. The molecule has 0 N–H and O–H groups in total. The van der Waals surface area contributed by atoms with E-state index in [0.29, 0.717) is 0 Å². The first kappa shape index (κ1) is 20.5. The first-order valence-electron chi connectivity index (χ1n) is 12.1. The van der Waals surface area contributed by atoms with Crippen molar-refractivity contribution < 1.29 is 0 Å². The van der Waals surface area contributed by atoms with Crippen LogP contribution in [0.4, 0.5) is 17.1 Å². The molecule has 1 nitrogen and oxygen atoms in total. The zero-order valence-corrected chi connectivity index (χ0v) is 20.6. The Morgan fingerprint density at radius 3 is 2.09 bits per heavy atom. The van der Waals surface area contributed by atoms with Crippen LogP contribution >= 0.6 is 11.3 Å². The summed E-state index contributed by atoms with van der Waals surface area (Å²) in [6.45, 7) is 4.69. The van der Waals surface area contributed by atoms with E-state index in [1.54, 1.807) is 0 Å². The molecule has 0 unspecified atom stereocenters. The topological polar surface area (TPSA) is 3.24 Å². The Labute approximate surface area is 209 Å². The van der Waals surface area contributed by atoms with Crippen LogP contribution in [-0.4, -0.2) is 0 Å². The lowest BCUT2D eigenvalue weighted by Crippen LogP contribution is -2.30. The standard InChI is InChI=1S/C33H25NS/c1-33(2)27-13-7-8-14-29(27)34(24-10-4-3-5-11-24)30-20-22(17-19-28(30)33)23-16-18-26-25-12-6-9-15-31(25)35-32(26)21-23/h3-21H,1-2H3. The van der Waals surface area contributed by atoms with E-state index in [4.69, 9.17) is 0 Å². The highest BCUT2D eigenvalue weighted by Crippen LogP contribution is 2.52. The Bertz CT molecular complexity index is 1730. The summed E-state index contributed by atoms with van der Waals surface area (Å²) in [6.07, 6.45) is 0. The van der Waals surface area contributed by atoms with E-state index in [0.717, 1.165) is 0 Å². The molecule has 0 fully saturated rings. The molecule has 0 aliphatic carbocycles. The van der Waals surface area contributed by atoms with E-state index in [-0.39, 0.29) is 5.41 Å². The van der Waals surface area contributed by atoms with Gasteiger partial charge in [0.05, 0.1) is 11.4 Å². The van der Waals surface area contributed by atoms with Crippen LogP contribution in [0.5, 0.6) is 0 Å². The lowest BCUT2D eigenvalue weighted by molar-refractivity contribution is 0.632. The number of hydrogen-bond acceptors (Lipinski definition) is 2. The van der Waals surface area contributed by atoms with Crippen molar-refractivity contribution in [2.75, 3.05) is 4.90 Å². The summed E-state index contributed by atoms with van der Waals surface area (Å²) in [5, 5.41) is 2.69. The second-order valence-electron chi connectivity index (χ2n) is 9.85. The van der Waals surface area contributed by atoms with Crippen LogP contribution in [0.2, 0.25) is 0 Å². The molecule has 0 bridgehead atoms. The van der Waals surface area contributed by atoms with Gasteiger partial charge in [0.25, 0.3) is 0 Å². The highest BCUT2D eigenvalue weighted by molar-refractivity contribution is 7.25. The van der Waals surface area contributed by atoms with Crippen molar-refractivity contribution in [3.63, 3.8) is 0 Å². The molecule has 2 heteroatoms. The lowest BCUT2D eigenvalue weighted by Gasteiger charge is -2.42. The Balaban J connectivity index is 1.44. The Morgan fingerprint density at radius 2 is 1.20 bits per heavy atom. The van der Waals surface area contributed by atoms with Crippen molar-refractivity contribution in [2.24, 2.45) is 0 Å². The molecular formula is C33H25NS. The monoisotopic (exact) mass is 467 g/mol. The molecule has 1 aromatic heterocycles. The van der Waals surface area contributed by atoms with Crippen molar-refractivity contribution in [2.45, 2.75) is 19.3 Å². The van der Waals surface area contributed by atoms with Crippen LogP contribution < -0.4 is 4.90 Å². The van der Waals surface area contributed by atoms with Gasteiger partial charge in [-0.3, -0.25) is 0 Å². The molecule has 0 amide bonds. The van der Waals surface area contributed by atoms with Crippen molar-refractivity contribution in [3.05, 3.63) is 126 Å². The zero-order valence-electron chi connectivity index (χ0n) is 19.8. The van der Waals surface area contributed by atoms with Gasteiger partial charge in [0.2, 0.25) is 0 Å². The highest BCUT2D eigenvalue weighted by Gasteiger charge is 2.36. The lowest BCUT2D eigenvalue weighted by atomic mass is 9.73. The maximum atomic E-state index is 2.43. The van der Waals surface area contributed by atoms with Crippen LogP contribution in [0.15, 0.2) is 115 Å². The first-order valence-corrected chi connectivity index (χ1v) is 12.9. The molecule has 0 atom stereocenters. The van der Waals surface area contributed by atoms with Crippen LogP contribution in [0.3, 0.4) is 0 Å². The molecule has 1 aliphatic rings. The van der Waals surface area contributed by atoms with Gasteiger partial charge in [0.15, 0.2) is 0 Å². The number of benzene rings is 5. The average molecular weight is 468 g/mol. The number of hydrogen-bond donors (Lipinski definition) is 0. The maximum absolute atomic E-state index is 2.43. The number of rotatable bonds is 2. The Hall–Kier alpha value is -3.88.